The van der Waals surface area contributed by atoms with Crippen LogP contribution in [0.2, 0.25) is 0 Å². The van der Waals surface area contributed by atoms with E-state index < -0.39 is 0 Å². The predicted molar refractivity (Wildman–Crippen MR) is 174 cm³/mol. The fourth-order valence-electron chi connectivity index (χ4n) is 7.38. The lowest BCUT2D eigenvalue weighted by Crippen LogP contribution is -2.58. The zero-order valence-corrected chi connectivity index (χ0v) is 26.2. The quantitative estimate of drug-likeness (QED) is 0.339. The minimum Gasteiger partial charge on any atom is -0.474 e. The third-order valence-electron chi connectivity index (χ3n) is 9.88. The van der Waals surface area contributed by atoms with Gasteiger partial charge in [-0.25, -0.2) is 14.6 Å². The van der Waals surface area contributed by atoms with Crippen molar-refractivity contribution >= 4 is 17.9 Å². The number of nitrogens with zero attached hydrogens (tertiary/aromatic N) is 4. The van der Waals surface area contributed by atoms with Gasteiger partial charge in [-0.3, -0.25) is 0 Å². The number of ether oxygens (including phenoxy) is 3. The van der Waals surface area contributed by atoms with Crippen molar-refractivity contribution in [2.75, 3.05) is 31.1 Å². The Morgan fingerprint density at radius 2 is 1.43 bits per heavy atom. The number of carbonyl (C=O) groups is 2. The molecule has 3 aromatic rings. The molecule has 1 aliphatic carbocycles. The number of hydrogen-bond acceptors (Lipinski definition) is 8. The van der Waals surface area contributed by atoms with Crippen LogP contribution in [0.25, 0.3) is 0 Å². The van der Waals surface area contributed by atoms with Crippen LogP contribution in [0.5, 0.6) is 5.88 Å². The van der Waals surface area contributed by atoms with Crippen LogP contribution in [0.15, 0.2) is 79.0 Å². The average Bonchev–Trinajstić information content (AvgIpc) is 3.34. The molecule has 0 spiro atoms. The molecule has 3 aliphatic heterocycles. The lowest BCUT2D eigenvalue weighted by molar-refractivity contribution is -0.0207. The van der Waals surface area contributed by atoms with Crippen LogP contribution in [0.3, 0.4) is 0 Å². The predicted octanol–water partition coefficient (Wildman–Crippen LogP) is 5.37. The van der Waals surface area contributed by atoms with Crippen LogP contribution >= 0.6 is 0 Å². The number of fused-ring (bicyclic) bond motifs is 2. The molecule has 3 saturated heterocycles. The van der Waals surface area contributed by atoms with Crippen molar-refractivity contribution in [1.82, 2.24) is 20.1 Å². The van der Waals surface area contributed by atoms with Crippen LogP contribution in [-0.2, 0) is 22.7 Å². The van der Waals surface area contributed by atoms with Crippen LogP contribution in [0.4, 0.5) is 15.3 Å². The van der Waals surface area contributed by atoms with Crippen molar-refractivity contribution in [1.29, 1.82) is 0 Å². The molecule has 242 valence electrons. The number of anilines is 1. The van der Waals surface area contributed by atoms with E-state index in [9.17, 15) is 9.59 Å². The Labute approximate surface area is 270 Å². The first kappa shape index (κ1) is 30.3. The molecular formula is C36H43N5O5. The van der Waals surface area contributed by atoms with Gasteiger partial charge in [-0.1, -0.05) is 60.7 Å². The number of nitrogens with one attached hydrogen (secondary N) is 1. The molecule has 4 aliphatic rings. The Morgan fingerprint density at radius 1 is 0.804 bits per heavy atom. The van der Waals surface area contributed by atoms with Gasteiger partial charge in [-0.15, -0.1) is 0 Å². The van der Waals surface area contributed by atoms with E-state index in [1.165, 1.54) is 18.5 Å². The van der Waals surface area contributed by atoms with Crippen molar-refractivity contribution in [3.05, 3.63) is 90.1 Å². The lowest BCUT2D eigenvalue weighted by Gasteiger charge is -2.47. The summed E-state index contributed by atoms with van der Waals surface area (Å²) in [5, 5.41) is 3.54. The third kappa shape index (κ3) is 6.92. The van der Waals surface area contributed by atoms with Gasteiger partial charge in [0, 0.05) is 81.1 Å². The molecule has 2 amide bonds. The molecule has 4 heterocycles. The number of carbonyl (C=O) groups excluding carboxylic acids is 2. The molecule has 4 fully saturated rings. The Balaban J connectivity index is 0.961. The minimum atomic E-state index is -0.318. The Morgan fingerprint density at radius 3 is 2.09 bits per heavy atom. The number of amides is 2. The second-order valence-electron chi connectivity index (χ2n) is 12.9. The fraction of sp³-hybridized carbons (Fsp3) is 0.472. The van der Waals surface area contributed by atoms with Gasteiger partial charge in [0.2, 0.25) is 5.88 Å². The van der Waals surface area contributed by atoms with E-state index in [2.05, 4.69) is 27.3 Å². The Kier molecular flexibility index (Phi) is 9.23. The van der Waals surface area contributed by atoms with E-state index >= 15 is 0 Å². The van der Waals surface area contributed by atoms with Gasteiger partial charge in [0.1, 0.15) is 19.3 Å². The van der Waals surface area contributed by atoms with Crippen LogP contribution in [0.1, 0.15) is 49.7 Å². The molecule has 7 rings (SSSR count). The van der Waals surface area contributed by atoms with Crippen molar-refractivity contribution in [3.8, 4) is 5.88 Å². The number of benzene rings is 2. The van der Waals surface area contributed by atoms with Crippen molar-refractivity contribution < 1.29 is 23.8 Å². The Bertz CT molecular complexity index is 1450. The molecular weight excluding hydrogens is 582 g/mol. The molecule has 2 aromatic carbocycles. The standard InChI is InChI=1S/C36H43N5O5/c42-35(44-24-26-7-3-1-4-8-26)39-17-14-28(15-18-39)41(36(43)45-25-27-9-5-2-6-10-27)32-19-33(20-32)46-34-21-29(13-16-38-34)40-30-11-12-31(40)23-37-22-30/h1-10,13,16,21,28,30-33,37H,11-12,14-15,17-20,22-25H2. The zero-order chi connectivity index (χ0) is 31.3. The van der Waals surface area contributed by atoms with Gasteiger partial charge in [0.15, 0.2) is 0 Å². The van der Waals surface area contributed by atoms with E-state index in [1.807, 2.05) is 71.8 Å². The summed E-state index contributed by atoms with van der Waals surface area (Å²) in [5.74, 6) is 0.638. The first-order valence-corrected chi connectivity index (χ1v) is 16.7. The highest BCUT2D eigenvalue weighted by molar-refractivity contribution is 5.70. The number of aromatic nitrogens is 1. The van der Waals surface area contributed by atoms with E-state index in [1.54, 1.807) is 4.90 Å². The SMILES string of the molecule is O=C(OCc1ccccc1)N1CCC(N(C(=O)OCc2ccccc2)C2CC(Oc3cc(N4C5CCC4CNC5)ccn3)C2)CC1. The smallest absolute Gasteiger partial charge is 0.410 e. The monoisotopic (exact) mass is 625 g/mol. The molecule has 2 bridgehead atoms. The second-order valence-corrected chi connectivity index (χ2v) is 12.9. The van der Waals surface area contributed by atoms with E-state index in [0.29, 0.717) is 56.7 Å². The first-order valence-electron chi connectivity index (χ1n) is 16.7. The number of piperidine rings is 1. The van der Waals surface area contributed by atoms with Gasteiger partial charge in [0.05, 0.1) is 0 Å². The minimum absolute atomic E-state index is 0.00190. The number of piperazine rings is 1. The fourth-order valence-corrected chi connectivity index (χ4v) is 7.38. The molecule has 2 unspecified atom stereocenters. The maximum atomic E-state index is 13.6. The van der Waals surface area contributed by atoms with E-state index in [4.69, 9.17) is 14.2 Å². The normalized spacial score (nSPS) is 24.2. The van der Waals surface area contributed by atoms with Crippen LogP contribution in [-0.4, -0.2) is 83.4 Å². The zero-order valence-electron chi connectivity index (χ0n) is 26.2. The molecule has 10 heteroatoms. The first-order chi connectivity index (χ1) is 22.6. The third-order valence-corrected chi connectivity index (χ3v) is 9.88. The maximum Gasteiger partial charge on any atom is 0.410 e. The molecule has 46 heavy (non-hydrogen) atoms. The van der Waals surface area contributed by atoms with Gasteiger partial charge >= 0.3 is 12.2 Å². The summed E-state index contributed by atoms with van der Waals surface area (Å²) >= 11 is 0. The molecule has 1 aromatic heterocycles. The van der Waals surface area contributed by atoms with Gasteiger partial charge in [-0.2, -0.15) is 0 Å². The Hall–Kier alpha value is -4.31. The van der Waals surface area contributed by atoms with Crippen LogP contribution in [0, 0.1) is 0 Å². The molecule has 0 radical (unpaired) electrons. The summed E-state index contributed by atoms with van der Waals surface area (Å²) in [4.78, 5) is 37.1. The van der Waals surface area contributed by atoms with Crippen molar-refractivity contribution in [3.63, 3.8) is 0 Å². The second kappa shape index (κ2) is 14.0. The summed E-state index contributed by atoms with van der Waals surface area (Å²) < 4.78 is 17.8. The van der Waals surface area contributed by atoms with E-state index in [-0.39, 0.29) is 43.6 Å². The molecule has 1 N–H and O–H groups in total. The summed E-state index contributed by atoms with van der Waals surface area (Å²) in [6.45, 7) is 3.55. The van der Waals surface area contributed by atoms with Gasteiger partial charge in [-0.05, 0) is 42.9 Å². The molecule has 1 saturated carbocycles. The van der Waals surface area contributed by atoms with Crippen molar-refractivity contribution in [2.45, 2.75) is 82.0 Å². The molecule has 2 atom stereocenters. The lowest BCUT2D eigenvalue weighted by atomic mass is 9.86. The van der Waals surface area contributed by atoms with E-state index in [0.717, 1.165) is 24.2 Å². The summed E-state index contributed by atoms with van der Waals surface area (Å²) in [5.41, 5.74) is 3.08. The highest BCUT2D eigenvalue weighted by atomic mass is 16.6. The topological polar surface area (TPSA) is 96.5 Å². The number of pyridine rings is 1. The summed E-state index contributed by atoms with van der Waals surface area (Å²) in [6, 6.07) is 24.6. The average molecular weight is 626 g/mol. The summed E-state index contributed by atoms with van der Waals surface area (Å²) in [6.07, 6.45) is 6.37. The van der Waals surface area contributed by atoms with Crippen molar-refractivity contribution in [2.24, 2.45) is 0 Å². The molecule has 10 nitrogen and oxygen atoms in total. The largest absolute Gasteiger partial charge is 0.474 e. The maximum absolute atomic E-state index is 13.6. The van der Waals surface area contributed by atoms with Gasteiger partial charge < -0.3 is 34.2 Å². The van der Waals surface area contributed by atoms with Crippen LogP contribution < -0.4 is 15.0 Å². The number of likely N-dealkylation sites (tertiary alicyclic amines) is 1. The summed E-state index contributed by atoms with van der Waals surface area (Å²) in [7, 11) is 0. The van der Waals surface area contributed by atoms with Gasteiger partial charge in [0.25, 0.3) is 0 Å². The highest BCUT2D eigenvalue weighted by Gasteiger charge is 2.43. The number of rotatable bonds is 9. The number of hydrogen-bond donors (Lipinski definition) is 1. The highest BCUT2D eigenvalue weighted by Crippen LogP contribution is 2.36.